The highest BCUT2D eigenvalue weighted by Gasteiger charge is 2.11. The molecule has 4 heteroatoms. The lowest BCUT2D eigenvalue weighted by atomic mass is 10.2. The summed E-state index contributed by atoms with van der Waals surface area (Å²) in [6.45, 7) is 2.09. The van der Waals surface area contributed by atoms with Crippen LogP contribution in [-0.2, 0) is 0 Å². The van der Waals surface area contributed by atoms with Gasteiger partial charge in [-0.15, -0.1) is 22.7 Å². The molecular weight excluding hydrogens is 236 g/mol. The van der Waals surface area contributed by atoms with E-state index in [9.17, 15) is 0 Å². The number of aryl methyl sites for hydroxylation is 1. The fraction of sp³-hybridized carbons (Fsp3) is 0.0833. The third-order valence-electron chi connectivity index (χ3n) is 2.51. The highest BCUT2D eigenvalue weighted by atomic mass is 32.1. The molecule has 3 aromatic rings. The number of thiophene rings is 1. The maximum Gasteiger partial charge on any atom is 0.136 e. The zero-order valence-corrected chi connectivity index (χ0v) is 10.4. The van der Waals surface area contributed by atoms with Gasteiger partial charge in [-0.2, -0.15) is 0 Å². The van der Waals surface area contributed by atoms with E-state index in [1.165, 1.54) is 10.3 Å². The summed E-state index contributed by atoms with van der Waals surface area (Å²) >= 11 is 3.35. The van der Waals surface area contributed by atoms with Crippen LogP contribution in [0.5, 0.6) is 0 Å². The molecular formula is C12H10N2S2. The van der Waals surface area contributed by atoms with E-state index in [-0.39, 0.29) is 0 Å². The number of nitrogens with two attached hydrogens (primary N) is 1. The van der Waals surface area contributed by atoms with Crippen LogP contribution >= 0.6 is 22.7 Å². The van der Waals surface area contributed by atoms with Crippen molar-refractivity contribution in [3.05, 3.63) is 35.2 Å². The topological polar surface area (TPSA) is 38.9 Å². The summed E-state index contributed by atoms with van der Waals surface area (Å²) in [7, 11) is 0. The van der Waals surface area contributed by atoms with Crippen LogP contribution in [-0.4, -0.2) is 4.98 Å². The molecule has 0 bridgehead atoms. The summed E-state index contributed by atoms with van der Waals surface area (Å²) in [6, 6.07) is 8.19. The smallest absolute Gasteiger partial charge is 0.136 e. The first kappa shape index (κ1) is 9.81. The van der Waals surface area contributed by atoms with E-state index in [0.717, 1.165) is 21.1 Å². The molecule has 0 aliphatic rings. The third kappa shape index (κ3) is 1.42. The van der Waals surface area contributed by atoms with Crippen molar-refractivity contribution in [3.63, 3.8) is 0 Å². The second-order valence-electron chi connectivity index (χ2n) is 3.65. The molecule has 0 amide bonds. The molecule has 0 aliphatic heterocycles. The van der Waals surface area contributed by atoms with Crippen molar-refractivity contribution in [2.45, 2.75) is 6.92 Å². The summed E-state index contributed by atoms with van der Waals surface area (Å²) in [5.74, 6) is 0. The summed E-state index contributed by atoms with van der Waals surface area (Å²) < 4.78 is 1.22. The number of hydrogen-bond acceptors (Lipinski definition) is 4. The first-order valence-electron chi connectivity index (χ1n) is 4.95. The van der Waals surface area contributed by atoms with Crippen molar-refractivity contribution in [2.75, 3.05) is 5.73 Å². The third-order valence-corrected chi connectivity index (χ3v) is 4.61. The van der Waals surface area contributed by atoms with Crippen LogP contribution < -0.4 is 5.73 Å². The Morgan fingerprint density at radius 1 is 1.25 bits per heavy atom. The SMILES string of the molecule is Cc1cccc2sc(-c3sccc3N)nc12. The van der Waals surface area contributed by atoms with E-state index >= 15 is 0 Å². The van der Waals surface area contributed by atoms with Gasteiger partial charge in [-0.1, -0.05) is 12.1 Å². The lowest BCUT2D eigenvalue weighted by molar-refractivity contribution is 1.43. The molecule has 16 heavy (non-hydrogen) atoms. The van der Waals surface area contributed by atoms with Gasteiger partial charge in [0, 0.05) is 0 Å². The molecule has 0 unspecified atom stereocenters. The van der Waals surface area contributed by atoms with E-state index in [1.54, 1.807) is 22.7 Å². The van der Waals surface area contributed by atoms with Crippen LogP contribution in [0.2, 0.25) is 0 Å². The van der Waals surface area contributed by atoms with Gasteiger partial charge in [0.2, 0.25) is 0 Å². The van der Waals surface area contributed by atoms with Crippen molar-refractivity contribution in [2.24, 2.45) is 0 Å². The summed E-state index contributed by atoms with van der Waals surface area (Å²) in [5, 5.41) is 3.03. The van der Waals surface area contributed by atoms with Gasteiger partial charge in [0.1, 0.15) is 5.01 Å². The molecule has 2 nitrogen and oxygen atoms in total. The Labute approximate surface area is 101 Å². The van der Waals surface area contributed by atoms with Crippen LogP contribution in [0.25, 0.3) is 20.1 Å². The molecule has 3 rings (SSSR count). The lowest BCUT2D eigenvalue weighted by Gasteiger charge is -1.92. The molecule has 0 aliphatic carbocycles. The Hall–Kier alpha value is -1.39. The number of benzene rings is 1. The van der Waals surface area contributed by atoms with Crippen LogP contribution in [0, 0.1) is 6.92 Å². The molecule has 0 radical (unpaired) electrons. The fourth-order valence-corrected chi connectivity index (χ4v) is 3.65. The maximum atomic E-state index is 5.91. The molecule has 0 saturated heterocycles. The molecule has 1 aromatic carbocycles. The normalized spacial score (nSPS) is 11.1. The Morgan fingerprint density at radius 2 is 2.12 bits per heavy atom. The number of nitrogens with zero attached hydrogens (tertiary/aromatic N) is 1. The second kappa shape index (κ2) is 3.57. The van der Waals surface area contributed by atoms with Crippen molar-refractivity contribution in [1.82, 2.24) is 4.98 Å². The Balaban J connectivity index is 2.27. The second-order valence-corrected chi connectivity index (χ2v) is 5.59. The predicted molar refractivity (Wildman–Crippen MR) is 72.1 cm³/mol. The molecule has 0 spiro atoms. The number of rotatable bonds is 1. The molecule has 0 saturated carbocycles. The average molecular weight is 246 g/mol. The number of anilines is 1. The van der Waals surface area contributed by atoms with Gasteiger partial charge in [-0.25, -0.2) is 4.98 Å². The minimum Gasteiger partial charge on any atom is -0.397 e. The Morgan fingerprint density at radius 3 is 2.81 bits per heavy atom. The van der Waals surface area contributed by atoms with E-state index in [2.05, 4.69) is 30.1 Å². The highest BCUT2D eigenvalue weighted by molar-refractivity contribution is 7.25. The summed E-state index contributed by atoms with van der Waals surface area (Å²) in [4.78, 5) is 5.75. The van der Waals surface area contributed by atoms with Crippen molar-refractivity contribution < 1.29 is 0 Å². The zero-order valence-electron chi connectivity index (χ0n) is 8.73. The minimum absolute atomic E-state index is 0.821. The Kier molecular flexibility index (Phi) is 2.19. The quantitative estimate of drug-likeness (QED) is 0.707. The number of para-hydroxylation sites is 1. The molecule has 80 valence electrons. The number of hydrogen-bond donors (Lipinski definition) is 1. The largest absolute Gasteiger partial charge is 0.397 e. The van der Waals surface area contributed by atoms with E-state index < -0.39 is 0 Å². The Bertz CT molecular complexity index is 652. The molecule has 2 heterocycles. The average Bonchev–Trinajstić information content (AvgIpc) is 2.84. The van der Waals surface area contributed by atoms with E-state index in [0.29, 0.717) is 0 Å². The fourth-order valence-electron chi connectivity index (χ4n) is 1.68. The van der Waals surface area contributed by atoms with Gasteiger partial charge < -0.3 is 5.73 Å². The zero-order chi connectivity index (χ0) is 11.1. The minimum atomic E-state index is 0.821. The number of thiazole rings is 1. The van der Waals surface area contributed by atoms with E-state index in [4.69, 9.17) is 5.73 Å². The summed E-state index contributed by atoms with van der Waals surface area (Å²) in [5.41, 5.74) is 9.04. The van der Waals surface area contributed by atoms with Crippen LogP contribution in [0.4, 0.5) is 5.69 Å². The lowest BCUT2D eigenvalue weighted by Crippen LogP contribution is -1.82. The van der Waals surface area contributed by atoms with Crippen molar-refractivity contribution >= 4 is 38.6 Å². The van der Waals surface area contributed by atoms with Gasteiger partial charge >= 0.3 is 0 Å². The number of nitrogen functional groups attached to an aromatic ring is 1. The maximum absolute atomic E-state index is 5.91. The van der Waals surface area contributed by atoms with Gasteiger partial charge in [-0.3, -0.25) is 0 Å². The van der Waals surface area contributed by atoms with Crippen molar-refractivity contribution in [3.8, 4) is 9.88 Å². The van der Waals surface area contributed by atoms with Gasteiger partial charge in [0.15, 0.2) is 0 Å². The highest BCUT2D eigenvalue weighted by Crippen LogP contribution is 2.37. The number of fused-ring (bicyclic) bond motifs is 1. The molecule has 2 N–H and O–H groups in total. The molecule has 0 atom stereocenters. The van der Waals surface area contributed by atoms with Crippen LogP contribution in [0.1, 0.15) is 5.56 Å². The van der Waals surface area contributed by atoms with Crippen LogP contribution in [0.15, 0.2) is 29.6 Å². The summed E-state index contributed by atoms with van der Waals surface area (Å²) in [6.07, 6.45) is 0. The van der Waals surface area contributed by atoms with Gasteiger partial charge in [0.05, 0.1) is 20.8 Å². The van der Waals surface area contributed by atoms with E-state index in [1.807, 2.05) is 11.4 Å². The van der Waals surface area contributed by atoms with Gasteiger partial charge in [-0.05, 0) is 30.0 Å². The first-order chi connectivity index (χ1) is 7.75. The standard InChI is InChI=1S/C12H10N2S2/c1-7-3-2-4-9-10(7)14-12(16-9)11-8(13)5-6-15-11/h2-6H,13H2,1H3. The van der Waals surface area contributed by atoms with Crippen LogP contribution in [0.3, 0.4) is 0 Å². The monoisotopic (exact) mass is 246 g/mol. The first-order valence-corrected chi connectivity index (χ1v) is 6.65. The predicted octanol–water partition coefficient (Wildman–Crippen LogP) is 3.92. The molecule has 0 fully saturated rings. The molecule has 2 aromatic heterocycles. The van der Waals surface area contributed by atoms with Crippen molar-refractivity contribution in [1.29, 1.82) is 0 Å². The van der Waals surface area contributed by atoms with Gasteiger partial charge in [0.25, 0.3) is 0 Å². The number of aromatic nitrogens is 1.